The van der Waals surface area contributed by atoms with Gasteiger partial charge in [-0.15, -0.1) is 0 Å². The van der Waals surface area contributed by atoms with Gasteiger partial charge in [0.25, 0.3) is 10.0 Å². The predicted octanol–water partition coefficient (Wildman–Crippen LogP) is 2.32. The van der Waals surface area contributed by atoms with Gasteiger partial charge in [-0.1, -0.05) is 12.1 Å². The number of carbonyl (C=O) groups excluding carboxylic acids is 2. The minimum Gasteiger partial charge on any atom is -0.444 e. The molecule has 0 radical (unpaired) electrons. The molecule has 0 aliphatic heterocycles. The Labute approximate surface area is 147 Å². The highest BCUT2D eigenvalue weighted by molar-refractivity contribution is 7.90. The smallest absolute Gasteiger partial charge is 0.407 e. The van der Waals surface area contributed by atoms with Crippen molar-refractivity contribution in [3.05, 3.63) is 30.1 Å². The molecule has 0 aliphatic rings. The molecule has 1 unspecified atom stereocenters. The van der Waals surface area contributed by atoms with Crippen LogP contribution in [-0.4, -0.2) is 32.1 Å². The fourth-order valence-corrected chi connectivity index (χ4v) is 2.94. The average Bonchev–Trinajstić information content (AvgIpc) is 2.42. The number of halogens is 1. The number of benzene rings is 1. The molecule has 0 aromatic heterocycles. The first-order chi connectivity index (χ1) is 11.4. The van der Waals surface area contributed by atoms with Gasteiger partial charge in [0, 0.05) is 12.5 Å². The number of hydrogen-bond acceptors (Lipinski definition) is 5. The van der Waals surface area contributed by atoms with Crippen molar-refractivity contribution < 1.29 is 27.1 Å². The number of nitrogens with one attached hydrogen (secondary N) is 2. The molecule has 1 aromatic rings. The Morgan fingerprint density at radius 2 is 1.84 bits per heavy atom. The van der Waals surface area contributed by atoms with Crippen LogP contribution < -0.4 is 10.0 Å². The van der Waals surface area contributed by atoms with Gasteiger partial charge < -0.3 is 10.1 Å². The molecular formula is C16H23FN2O5S. The first-order valence-corrected chi connectivity index (χ1v) is 9.19. The van der Waals surface area contributed by atoms with Gasteiger partial charge in [0.15, 0.2) is 0 Å². The summed E-state index contributed by atoms with van der Waals surface area (Å²) in [6, 6.07) is 4.36. The second-order valence-electron chi connectivity index (χ2n) is 6.55. The molecule has 0 saturated heterocycles. The Morgan fingerprint density at radius 1 is 1.24 bits per heavy atom. The zero-order valence-corrected chi connectivity index (χ0v) is 15.4. The second-order valence-corrected chi connectivity index (χ2v) is 8.20. The lowest BCUT2D eigenvalue weighted by Crippen LogP contribution is -2.38. The van der Waals surface area contributed by atoms with Gasteiger partial charge in [-0.05, 0) is 46.2 Å². The van der Waals surface area contributed by atoms with Crippen LogP contribution in [0.5, 0.6) is 0 Å². The Hall–Kier alpha value is -2.16. The minimum atomic E-state index is -4.27. The van der Waals surface area contributed by atoms with Crippen molar-refractivity contribution in [3.8, 4) is 0 Å². The van der Waals surface area contributed by atoms with E-state index in [1.807, 2.05) is 4.72 Å². The summed E-state index contributed by atoms with van der Waals surface area (Å²) in [6.45, 7) is 6.82. The third kappa shape index (κ3) is 7.51. The van der Waals surface area contributed by atoms with Gasteiger partial charge in [-0.25, -0.2) is 22.3 Å². The fraction of sp³-hybridized carbons (Fsp3) is 0.500. The first-order valence-electron chi connectivity index (χ1n) is 7.70. The van der Waals surface area contributed by atoms with E-state index in [2.05, 4.69) is 5.32 Å². The zero-order chi connectivity index (χ0) is 19.3. The lowest BCUT2D eigenvalue weighted by Gasteiger charge is -2.21. The highest BCUT2D eigenvalue weighted by Gasteiger charge is 2.22. The van der Waals surface area contributed by atoms with E-state index in [0.717, 1.165) is 12.1 Å². The molecule has 0 saturated carbocycles. The molecule has 0 bridgehead atoms. The Kier molecular flexibility index (Phi) is 6.92. The molecule has 0 aliphatic carbocycles. The number of carbonyl (C=O) groups is 2. The van der Waals surface area contributed by atoms with Gasteiger partial charge in [-0.2, -0.15) is 0 Å². The van der Waals surface area contributed by atoms with E-state index in [1.54, 1.807) is 27.7 Å². The molecular weight excluding hydrogens is 351 g/mol. The lowest BCUT2D eigenvalue weighted by molar-refractivity contribution is -0.119. The number of sulfonamides is 1. The maximum Gasteiger partial charge on any atom is 0.407 e. The van der Waals surface area contributed by atoms with Gasteiger partial charge in [0.2, 0.25) is 5.91 Å². The molecule has 2 amide bonds. The second kappa shape index (κ2) is 8.28. The normalized spacial score (nSPS) is 13.0. The number of alkyl carbamates (subject to hydrolysis) is 1. The monoisotopic (exact) mass is 374 g/mol. The topological polar surface area (TPSA) is 102 Å². The molecule has 1 atom stereocenters. The van der Waals surface area contributed by atoms with E-state index in [9.17, 15) is 22.4 Å². The Bertz CT molecular complexity index is 728. The first kappa shape index (κ1) is 20.9. The Morgan fingerprint density at radius 3 is 2.40 bits per heavy atom. The summed E-state index contributed by atoms with van der Waals surface area (Å²) < 4.78 is 44.4. The van der Waals surface area contributed by atoms with E-state index in [4.69, 9.17) is 4.74 Å². The van der Waals surface area contributed by atoms with Gasteiger partial charge in [0.1, 0.15) is 16.3 Å². The minimum absolute atomic E-state index is 0.162. The highest BCUT2D eigenvalue weighted by atomic mass is 32.2. The van der Waals surface area contributed by atoms with Crippen LogP contribution in [0, 0.1) is 5.82 Å². The molecule has 1 rings (SSSR count). The van der Waals surface area contributed by atoms with Crippen molar-refractivity contribution in [1.29, 1.82) is 0 Å². The fourth-order valence-electron chi connectivity index (χ4n) is 1.85. The van der Waals surface area contributed by atoms with Crippen molar-refractivity contribution in [2.75, 3.05) is 0 Å². The molecule has 0 fully saturated rings. The highest BCUT2D eigenvalue weighted by Crippen LogP contribution is 2.13. The van der Waals surface area contributed by atoms with Crippen LogP contribution in [0.1, 0.15) is 40.5 Å². The van der Waals surface area contributed by atoms with Gasteiger partial charge in [0.05, 0.1) is 0 Å². The van der Waals surface area contributed by atoms with Crippen molar-refractivity contribution in [3.63, 3.8) is 0 Å². The van der Waals surface area contributed by atoms with E-state index < -0.39 is 44.4 Å². The largest absolute Gasteiger partial charge is 0.444 e. The zero-order valence-electron chi connectivity index (χ0n) is 14.6. The number of rotatable bonds is 6. The summed E-state index contributed by atoms with van der Waals surface area (Å²) in [5.41, 5.74) is -0.644. The van der Waals surface area contributed by atoms with E-state index in [0.29, 0.717) is 0 Å². The summed E-state index contributed by atoms with van der Waals surface area (Å²) in [4.78, 5) is 22.8. The van der Waals surface area contributed by atoms with Crippen LogP contribution in [0.15, 0.2) is 29.2 Å². The van der Waals surface area contributed by atoms with Crippen LogP contribution in [0.25, 0.3) is 0 Å². The number of amides is 2. The van der Waals surface area contributed by atoms with E-state index in [-0.39, 0.29) is 12.8 Å². The Balaban J connectivity index is 2.52. The van der Waals surface area contributed by atoms with E-state index >= 15 is 0 Å². The summed E-state index contributed by atoms with van der Waals surface area (Å²) >= 11 is 0. The number of ether oxygens (including phenoxy) is 1. The van der Waals surface area contributed by atoms with Crippen LogP contribution in [0.4, 0.5) is 9.18 Å². The third-order valence-corrected chi connectivity index (χ3v) is 4.35. The summed E-state index contributed by atoms with van der Waals surface area (Å²) in [7, 11) is -4.27. The standard InChI is InChI=1S/C16H23FN2O5S/c1-11(18-15(21)24-16(2,3)4)9-10-14(20)19-25(22,23)13-8-6-5-7-12(13)17/h5-8,11H,9-10H2,1-4H3,(H,18,21)(H,19,20). The van der Waals surface area contributed by atoms with Gasteiger partial charge >= 0.3 is 6.09 Å². The van der Waals surface area contributed by atoms with E-state index in [1.165, 1.54) is 12.1 Å². The van der Waals surface area contributed by atoms with Crippen molar-refractivity contribution >= 4 is 22.0 Å². The third-order valence-electron chi connectivity index (χ3n) is 2.94. The molecule has 2 N–H and O–H groups in total. The van der Waals surface area contributed by atoms with Crippen molar-refractivity contribution in [2.24, 2.45) is 0 Å². The molecule has 140 valence electrons. The van der Waals surface area contributed by atoms with Crippen LogP contribution in [0.3, 0.4) is 0 Å². The number of hydrogen-bond donors (Lipinski definition) is 2. The van der Waals surface area contributed by atoms with Crippen LogP contribution >= 0.6 is 0 Å². The van der Waals surface area contributed by atoms with Crippen molar-refractivity contribution in [1.82, 2.24) is 10.0 Å². The van der Waals surface area contributed by atoms with Crippen LogP contribution in [-0.2, 0) is 19.6 Å². The van der Waals surface area contributed by atoms with Crippen molar-refractivity contribution in [2.45, 2.75) is 57.1 Å². The van der Waals surface area contributed by atoms with Crippen LogP contribution in [0.2, 0.25) is 0 Å². The molecule has 0 heterocycles. The maximum absolute atomic E-state index is 13.5. The molecule has 0 spiro atoms. The maximum atomic E-state index is 13.5. The average molecular weight is 374 g/mol. The molecule has 9 heteroatoms. The summed E-state index contributed by atoms with van der Waals surface area (Å²) in [6.07, 6.45) is -0.595. The lowest BCUT2D eigenvalue weighted by atomic mass is 10.2. The summed E-state index contributed by atoms with van der Waals surface area (Å²) in [5.74, 6) is -1.73. The molecule has 1 aromatic carbocycles. The predicted molar refractivity (Wildman–Crippen MR) is 89.8 cm³/mol. The quantitative estimate of drug-likeness (QED) is 0.796. The molecule has 7 nitrogen and oxygen atoms in total. The van der Waals surface area contributed by atoms with Gasteiger partial charge in [-0.3, -0.25) is 4.79 Å². The SMILES string of the molecule is CC(CCC(=O)NS(=O)(=O)c1ccccc1F)NC(=O)OC(C)(C)C. The summed E-state index contributed by atoms with van der Waals surface area (Å²) in [5, 5.41) is 2.54. The molecule has 25 heavy (non-hydrogen) atoms.